The van der Waals surface area contributed by atoms with Gasteiger partial charge in [0, 0.05) is 24.4 Å². The van der Waals surface area contributed by atoms with Crippen molar-refractivity contribution < 1.29 is 14.6 Å². The summed E-state index contributed by atoms with van der Waals surface area (Å²) < 4.78 is 5.29. The van der Waals surface area contributed by atoms with Gasteiger partial charge in [-0.25, -0.2) is 4.98 Å². The molecule has 3 N–H and O–H groups in total. The van der Waals surface area contributed by atoms with E-state index < -0.39 is 6.10 Å². The first-order chi connectivity index (χ1) is 10.2. The Kier molecular flexibility index (Phi) is 4.36. The zero-order valence-electron chi connectivity index (χ0n) is 11.9. The van der Waals surface area contributed by atoms with Gasteiger partial charge in [0.2, 0.25) is 0 Å². The Bertz CT molecular complexity index is 505. The Hall–Kier alpha value is -1.66. The van der Waals surface area contributed by atoms with E-state index in [-0.39, 0.29) is 11.9 Å². The Balaban J connectivity index is 1.61. The van der Waals surface area contributed by atoms with E-state index in [0.29, 0.717) is 31.2 Å². The van der Waals surface area contributed by atoms with E-state index in [1.54, 1.807) is 18.3 Å². The van der Waals surface area contributed by atoms with Gasteiger partial charge in [-0.2, -0.15) is 0 Å². The van der Waals surface area contributed by atoms with Crippen LogP contribution in [-0.2, 0) is 4.74 Å². The average Bonchev–Trinajstić information content (AvgIpc) is 2.46. The van der Waals surface area contributed by atoms with Crippen LogP contribution in [-0.4, -0.2) is 47.4 Å². The highest BCUT2D eigenvalue weighted by atomic mass is 16.5. The number of hydrogen-bond acceptors (Lipinski definition) is 5. The van der Waals surface area contributed by atoms with Gasteiger partial charge in [0.1, 0.15) is 5.82 Å². The molecule has 1 aliphatic carbocycles. The molecular weight excluding hydrogens is 270 g/mol. The molecule has 1 saturated heterocycles. The summed E-state index contributed by atoms with van der Waals surface area (Å²) in [6.45, 7) is 0.892. The van der Waals surface area contributed by atoms with Crippen LogP contribution in [0, 0.1) is 0 Å². The second-order valence-corrected chi connectivity index (χ2v) is 5.71. The highest BCUT2D eigenvalue weighted by molar-refractivity contribution is 5.95. The van der Waals surface area contributed by atoms with Crippen molar-refractivity contribution in [2.45, 2.75) is 43.9 Å². The van der Waals surface area contributed by atoms with Crippen molar-refractivity contribution >= 4 is 11.7 Å². The van der Waals surface area contributed by atoms with Crippen LogP contribution in [0.25, 0.3) is 0 Å². The fourth-order valence-corrected chi connectivity index (χ4v) is 2.53. The topological polar surface area (TPSA) is 83.5 Å². The molecule has 0 spiro atoms. The third-order valence-corrected chi connectivity index (χ3v) is 4.12. The van der Waals surface area contributed by atoms with Crippen molar-refractivity contribution in [3.8, 4) is 0 Å². The van der Waals surface area contributed by atoms with Crippen LogP contribution < -0.4 is 10.6 Å². The number of amides is 1. The lowest BCUT2D eigenvalue weighted by Crippen LogP contribution is -2.49. The summed E-state index contributed by atoms with van der Waals surface area (Å²) in [5.74, 6) is 0.524. The maximum atomic E-state index is 12.2. The summed E-state index contributed by atoms with van der Waals surface area (Å²) in [4.78, 5) is 16.5. The van der Waals surface area contributed by atoms with Gasteiger partial charge in [0.05, 0.1) is 18.8 Å². The zero-order chi connectivity index (χ0) is 14.7. The number of rotatable bonds is 4. The third-order valence-electron chi connectivity index (χ3n) is 4.12. The SMILES string of the molecule is O=C(N[C@@H]1COCC[C@H]1O)c1ccnc(NC2CCC2)c1. The number of carbonyl (C=O) groups is 1. The number of hydrogen-bond donors (Lipinski definition) is 3. The van der Waals surface area contributed by atoms with Gasteiger partial charge in [-0.05, 0) is 37.8 Å². The number of aromatic nitrogens is 1. The minimum atomic E-state index is -0.544. The first-order valence-corrected chi connectivity index (χ1v) is 7.51. The summed E-state index contributed by atoms with van der Waals surface area (Å²) in [6.07, 6.45) is 5.20. The van der Waals surface area contributed by atoms with Crippen molar-refractivity contribution in [2.24, 2.45) is 0 Å². The molecule has 2 fully saturated rings. The molecule has 114 valence electrons. The molecule has 2 aliphatic rings. The van der Waals surface area contributed by atoms with Crippen LogP contribution in [0.3, 0.4) is 0 Å². The Labute approximate surface area is 123 Å². The lowest BCUT2D eigenvalue weighted by molar-refractivity contribution is -0.0140. The number of pyridine rings is 1. The van der Waals surface area contributed by atoms with Crippen LogP contribution >= 0.6 is 0 Å². The molecule has 1 aromatic rings. The van der Waals surface area contributed by atoms with Crippen molar-refractivity contribution in [1.82, 2.24) is 10.3 Å². The van der Waals surface area contributed by atoms with Crippen molar-refractivity contribution in [1.29, 1.82) is 0 Å². The van der Waals surface area contributed by atoms with E-state index in [4.69, 9.17) is 4.74 Å². The molecule has 6 nitrogen and oxygen atoms in total. The van der Waals surface area contributed by atoms with Gasteiger partial charge in [-0.1, -0.05) is 0 Å². The molecule has 1 aliphatic heterocycles. The number of nitrogens with one attached hydrogen (secondary N) is 2. The highest BCUT2D eigenvalue weighted by Gasteiger charge is 2.25. The third kappa shape index (κ3) is 3.51. The molecule has 0 unspecified atom stereocenters. The number of anilines is 1. The highest BCUT2D eigenvalue weighted by Crippen LogP contribution is 2.22. The lowest BCUT2D eigenvalue weighted by Gasteiger charge is -2.28. The fourth-order valence-electron chi connectivity index (χ4n) is 2.53. The summed E-state index contributed by atoms with van der Waals surface area (Å²) in [5.41, 5.74) is 0.546. The van der Waals surface area contributed by atoms with Crippen molar-refractivity contribution in [2.75, 3.05) is 18.5 Å². The number of aliphatic hydroxyl groups is 1. The Morgan fingerprint density at radius 1 is 1.38 bits per heavy atom. The predicted octanol–water partition coefficient (Wildman–Crippen LogP) is 0.926. The average molecular weight is 291 g/mol. The van der Waals surface area contributed by atoms with Gasteiger partial charge < -0.3 is 20.5 Å². The quantitative estimate of drug-likeness (QED) is 0.768. The summed E-state index contributed by atoms with van der Waals surface area (Å²) in [6, 6.07) is 3.56. The maximum absolute atomic E-state index is 12.2. The summed E-state index contributed by atoms with van der Waals surface area (Å²) in [7, 11) is 0. The smallest absolute Gasteiger partial charge is 0.251 e. The number of aliphatic hydroxyl groups excluding tert-OH is 1. The molecular formula is C15H21N3O3. The minimum absolute atomic E-state index is 0.205. The summed E-state index contributed by atoms with van der Waals surface area (Å²) in [5, 5.41) is 16.0. The molecule has 1 saturated carbocycles. The second-order valence-electron chi connectivity index (χ2n) is 5.71. The number of ether oxygens (including phenoxy) is 1. The van der Waals surface area contributed by atoms with Crippen LogP contribution in [0.1, 0.15) is 36.0 Å². The maximum Gasteiger partial charge on any atom is 0.251 e. The number of nitrogens with zero attached hydrogens (tertiary/aromatic N) is 1. The van der Waals surface area contributed by atoms with Gasteiger partial charge in [-0.15, -0.1) is 0 Å². The van der Waals surface area contributed by atoms with Crippen LogP contribution in [0.5, 0.6) is 0 Å². The van der Waals surface area contributed by atoms with E-state index in [1.807, 2.05) is 0 Å². The standard InChI is InChI=1S/C15H21N3O3/c19-13-5-7-21-9-12(13)18-15(20)10-4-6-16-14(8-10)17-11-2-1-3-11/h4,6,8,11-13,19H,1-3,5,7,9H2,(H,16,17)(H,18,20)/t12-,13-/m1/s1. The van der Waals surface area contributed by atoms with E-state index in [1.165, 1.54) is 6.42 Å². The van der Waals surface area contributed by atoms with Crippen LogP contribution in [0.2, 0.25) is 0 Å². The van der Waals surface area contributed by atoms with Crippen molar-refractivity contribution in [3.05, 3.63) is 23.9 Å². The molecule has 1 amide bonds. The monoisotopic (exact) mass is 291 g/mol. The minimum Gasteiger partial charge on any atom is -0.391 e. The molecule has 0 radical (unpaired) electrons. The summed E-state index contributed by atoms with van der Waals surface area (Å²) >= 11 is 0. The van der Waals surface area contributed by atoms with E-state index in [0.717, 1.165) is 18.7 Å². The van der Waals surface area contributed by atoms with E-state index in [2.05, 4.69) is 15.6 Å². The Morgan fingerprint density at radius 3 is 2.95 bits per heavy atom. The van der Waals surface area contributed by atoms with Gasteiger partial charge >= 0.3 is 0 Å². The molecule has 21 heavy (non-hydrogen) atoms. The van der Waals surface area contributed by atoms with E-state index >= 15 is 0 Å². The molecule has 2 atom stereocenters. The van der Waals surface area contributed by atoms with Gasteiger partial charge in [0.15, 0.2) is 0 Å². The molecule has 0 bridgehead atoms. The second kappa shape index (κ2) is 6.41. The van der Waals surface area contributed by atoms with E-state index in [9.17, 15) is 9.90 Å². The first kappa shape index (κ1) is 14.3. The largest absolute Gasteiger partial charge is 0.391 e. The molecule has 6 heteroatoms. The van der Waals surface area contributed by atoms with Crippen LogP contribution in [0.15, 0.2) is 18.3 Å². The molecule has 3 rings (SSSR count). The Morgan fingerprint density at radius 2 is 2.24 bits per heavy atom. The fraction of sp³-hybridized carbons (Fsp3) is 0.600. The predicted molar refractivity (Wildman–Crippen MR) is 78.2 cm³/mol. The molecule has 0 aromatic carbocycles. The molecule has 1 aromatic heterocycles. The van der Waals surface area contributed by atoms with Gasteiger partial charge in [0.25, 0.3) is 5.91 Å². The molecule has 2 heterocycles. The van der Waals surface area contributed by atoms with Crippen LogP contribution in [0.4, 0.5) is 5.82 Å². The lowest BCUT2D eigenvalue weighted by atomic mass is 9.93. The zero-order valence-corrected chi connectivity index (χ0v) is 11.9. The van der Waals surface area contributed by atoms with Gasteiger partial charge in [-0.3, -0.25) is 4.79 Å². The normalized spacial score (nSPS) is 26.0. The first-order valence-electron chi connectivity index (χ1n) is 7.51. The number of carbonyl (C=O) groups excluding carboxylic acids is 1. The van der Waals surface area contributed by atoms with Crippen molar-refractivity contribution in [3.63, 3.8) is 0 Å².